The summed E-state index contributed by atoms with van der Waals surface area (Å²) in [6.45, 7) is 4.45. The largest absolute Gasteiger partial charge is 0.481 e. The lowest BCUT2D eigenvalue weighted by Crippen LogP contribution is -2.56. The van der Waals surface area contributed by atoms with Crippen molar-refractivity contribution in [1.82, 2.24) is 25.2 Å². The molecule has 3 aliphatic carbocycles. The summed E-state index contributed by atoms with van der Waals surface area (Å²) in [5.41, 5.74) is 8.29. The third kappa shape index (κ3) is 7.30. The SMILES string of the molecule is COc1nc(O[C@H]2CCc3c(-c4cccc(-c5cnc(CNC[C@@H]6CCC(=O)C6)c(OC)n5)c4C)cccc32)c(Cl)cc1CN1CC2(C(=O)O)CCC1CC2. The Labute approximate surface area is 326 Å². The van der Waals surface area contributed by atoms with E-state index in [0.717, 1.165) is 96.3 Å². The number of benzene rings is 2. The van der Waals surface area contributed by atoms with Crippen molar-refractivity contribution in [3.63, 3.8) is 0 Å². The van der Waals surface area contributed by atoms with Gasteiger partial charge in [0.05, 0.1) is 31.5 Å². The molecule has 2 N–H and O–H groups in total. The molecule has 0 spiro atoms. The van der Waals surface area contributed by atoms with Crippen molar-refractivity contribution < 1.29 is 28.9 Å². The molecular weight excluding hydrogens is 718 g/mol. The van der Waals surface area contributed by atoms with E-state index in [0.29, 0.717) is 72.9 Å². The molecule has 4 fully saturated rings. The number of carboxylic acid groups (broad SMARTS) is 1. The average Bonchev–Trinajstić information content (AvgIpc) is 3.81. The summed E-state index contributed by atoms with van der Waals surface area (Å²) in [7, 11) is 3.21. The van der Waals surface area contributed by atoms with Crippen LogP contribution in [0, 0.1) is 18.3 Å². The van der Waals surface area contributed by atoms with Crippen molar-refractivity contribution >= 4 is 23.4 Å². The maximum atomic E-state index is 12.2. The summed E-state index contributed by atoms with van der Waals surface area (Å²) in [4.78, 5) is 40.5. The van der Waals surface area contributed by atoms with Gasteiger partial charge in [0.1, 0.15) is 22.6 Å². The summed E-state index contributed by atoms with van der Waals surface area (Å²) in [5, 5.41) is 13.8. The molecule has 2 saturated heterocycles. The van der Waals surface area contributed by atoms with Gasteiger partial charge in [0.25, 0.3) is 0 Å². The Balaban J connectivity index is 0.994. The number of Topliss-reactive ketones (excluding diaryl/α,β-unsaturated/α-hetero) is 1. The maximum absolute atomic E-state index is 12.2. The number of carboxylic acids is 1. The van der Waals surface area contributed by atoms with Crippen LogP contribution < -0.4 is 19.5 Å². The minimum absolute atomic E-state index is 0.238. The van der Waals surface area contributed by atoms with Crippen LogP contribution in [0.4, 0.5) is 0 Å². The fraction of sp³-hybridized carbons (Fsp3) is 0.465. The first-order valence-corrected chi connectivity index (χ1v) is 19.8. The third-order valence-electron chi connectivity index (χ3n) is 12.4. The molecule has 0 radical (unpaired) electrons. The van der Waals surface area contributed by atoms with Gasteiger partial charge in [-0.25, -0.2) is 4.98 Å². The second kappa shape index (κ2) is 15.5. The molecule has 4 aromatic rings. The van der Waals surface area contributed by atoms with Gasteiger partial charge in [0, 0.05) is 49.6 Å². The van der Waals surface area contributed by atoms with Gasteiger partial charge < -0.3 is 24.6 Å². The van der Waals surface area contributed by atoms with E-state index in [2.05, 4.69) is 53.5 Å². The van der Waals surface area contributed by atoms with Gasteiger partial charge in [0.15, 0.2) is 0 Å². The van der Waals surface area contributed by atoms with Crippen molar-refractivity contribution in [1.29, 1.82) is 0 Å². The molecule has 2 aliphatic heterocycles. The number of nitrogens with one attached hydrogen (secondary N) is 1. The Bertz CT molecular complexity index is 2120. The fourth-order valence-electron chi connectivity index (χ4n) is 9.35. The molecule has 12 heteroatoms. The Kier molecular flexibility index (Phi) is 10.5. The van der Waals surface area contributed by atoms with E-state index in [9.17, 15) is 14.7 Å². The van der Waals surface area contributed by atoms with Crippen LogP contribution in [0.15, 0.2) is 48.7 Å². The Morgan fingerprint density at radius 3 is 2.49 bits per heavy atom. The van der Waals surface area contributed by atoms with Crippen molar-refractivity contribution in [2.75, 3.05) is 27.3 Å². The highest BCUT2D eigenvalue weighted by Gasteiger charge is 2.49. The molecule has 2 aromatic carbocycles. The lowest BCUT2D eigenvalue weighted by atomic mass is 9.67. The number of carbonyl (C=O) groups is 2. The fourth-order valence-corrected chi connectivity index (χ4v) is 9.57. The number of piperidine rings is 2. The number of halogens is 1. The molecule has 0 amide bonds. The second-order valence-corrected chi connectivity index (χ2v) is 16.1. The molecule has 2 bridgehead atoms. The summed E-state index contributed by atoms with van der Waals surface area (Å²) in [6.07, 6.45) is 8.66. The van der Waals surface area contributed by atoms with Gasteiger partial charge in [0.2, 0.25) is 17.6 Å². The molecule has 55 heavy (non-hydrogen) atoms. The summed E-state index contributed by atoms with van der Waals surface area (Å²) in [5.74, 6) is 1.27. The van der Waals surface area contributed by atoms with Gasteiger partial charge in [-0.05, 0) is 98.2 Å². The van der Waals surface area contributed by atoms with E-state index in [1.54, 1.807) is 14.2 Å². The second-order valence-electron chi connectivity index (χ2n) is 15.7. The van der Waals surface area contributed by atoms with E-state index in [1.165, 1.54) is 5.56 Å². The van der Waals surface area contributed by atoms with Crippen molar-refractivity contribution in [3.05, 3.63) is 81.6 Å². The number of carbonyl (C=O) groups excluding carboxylic acids is 1. The first-order valence-electron chi connectivity index (χ1n) is 19.4. The van der Waals surface area contributed by atoms with Crippen LogP contribution >= 0.6 is 11.6 Å². The molecule has 9 rings (SSSR count). The Morgan fingerprint density at radius 1 is 0.982 bits per heavy atom. The monoisotopic (exact) mass is 765 g/mol. The predicted molar refractivity (Wildman–Crippen MR) is 208 cm³/mol. The van der Waals surface area contributed by atoms with Gasteiger partial charge in [-0.15, -0.1) is 0 Å². The minimum Gasteiger partial charge on any atom is -0.481 e. The van der Waals surface area contributed by atoms with E-state index in [4.69, 9.17) is 40.8 Å². The van der Waals surface area contributed by atoms with Gasteiger partial charge in [-0.3, -0.25) is 19.5 Å². The zero-order valence-corrected chi connectivity index (χ0v) is 32.5. The standard InChI is InChI=1S/C43H48ClN5O6/c1-25-30(6-4-7-31(25)36-22-46-37(41(47-36)54-3)21-45-20-26-10-11-29(50)18-26)32-8-5-9-34-33(32)12-13-38(34)55-40-35(44)19-27(39(48-40)53-2)23-49-24-43(42(51)52)16-14-28(49)15-17-43/h4-9,19,22,26,28,38,45H,10-18,20-21,23-24H2,1-3H3,(H,51,52)/t26-,28?,38+,43?/m1/s1. The number of fused-ring (bicyclic) bond motifs is 4. The van der Waals surface area contributed by atoms with E-state index >= 15 is 0 Å². The number of pyridine rings is 1. The molecule has 2 atom stereocenters. The number of aromatic nitrogens is 3. The Morgan fingerprint density at radius 2 is 1.75 bits per heavy atom. The molecule has 2 saturated carbocycles. The first kappa shape index (κ1) is 37.3. The first-order chi connectivity index (χ1) is 26.7. The van der Waals surface area contributed by atoms with Crippen LogP contribution in [0.3, 0.4) is 0 Å². The number of aliphatic carboxylic acids is 1. The van der Waals surface area contributed by atoms with Crippen LogP contribution in [0.1, 0.15) is 85.4 Å². The molecule has 5 aliphatic rings. The third-order valence-corrected chi connectivity index (χ3v) is 12.7. The predicted octanol–water partition coefficient (Wildman–Crippen LogP) is 7.54. The van der Waals surface area contributed by atoms with Gasteiger partial charge in [-0.2, -0.15) is 4.98 Å². The number of rotatable bonds is 13. The van der Waals surface area contributed by atoms with Gasteiger partial charge in [-0.1, -0.05) is 48.0 Å². The number of methoxy groups -OCH3 is 2. The van der Waals surface area contributed by atoms with Crippen LogP contribution in [-0.2, 0) is 29.1 Å². The molecule has 0 unspecified atom stereocenters. The molecular formula is C43H48ClN5O6. The maximum Gasteiger partial charge on any atom is 0.310 e. The highest BCUT2D eigenvalue weighted by Crippen LogP contribution is 2.47. The summed E-state index contributed by atoms with van der Waals surface area (Å²) >= 11 is 6.86. The van der Waals surface area contributed by atoms with E-state index < -0.39 is 11.4 Å². The van der Waals surface area contributed by atoms with Gasteiger partial charge >= 0.3 is 5.97 Å². The van der Waals surface area contributed by atoms with Crippen LogP contribution in [-0.4, -0.2) is 70.1 Å². The van der Waals surface area contributed by atoms with Crippen molar-refractivity contribution in [2.45, 2.75) is 89.9 Å². The zero-order chi connectivity index (χ0) is 38.3. The highest BCUT2D eigenvalue weighted by molar-refractivity contribution is 6.31. The average molecular weight is 766 g/mol. The molecule has 2 aromatic heterocycles. The number of hydrogen-bond donors (Lipinski definition) is 2. The molecule has 288 valence electrons. The smallest absolute Gasteiger partial charge is 0.310 e. The van der Waals surface area contributed by atoms with Crippen molar-refractivity contribution in [2.24, 2.45) is 11.3 Å². The summed E-state index contributed by atoms with van der Waals surface area (Å²) < 4.78 is 18.0. The van der Waals surface area contributed by atoms with E-state index in [-0.39, 0.29) is 6.10 Å². The number of nitrogens with zero attached hydrogens (tertiary/aromatic N) is 4. The van der Waals surface area contributed by atoms with Crippen LogP contribution in [0.5, 0.6) is 17.6 Å². The number of ketones is 1. The molecule has 4 heterocycles. The lowest BCUT2D eigenvalue weighted by Gasteiger charge is -2.50. The lowest BCUT2D eigenvalue weighted by molar-refractivity contribution is -0.160. The van der Waals surface area contributed by atoms with Crippen LogP contribution in [0.25, 0.3) is 22.4 Å². The summed E-state index contributed by atoms with van der Waals surface area (Å²) in [6, 6.07) is 14.8. The van der Waals surface area contributed by atoms with Crippen molar-refractivity contribution in [3.8, 4) is 40.0 Å². The number of ether oxygens (including phenoxy) is 3. The topological polar surface area (TPSA) is 136 Å². The van der Waals surface area contributed by atoms with Crippen LogP contribution in [0.2, 0.25) is 5.02 Å². The Hall–Kier alpha value is -4.58. The quantitative estimate of drug-likeness (QED) is 0.140. The van der Waals surface area contributed by atoms with E-state index in [1.807, 2.05) is 12.3 Å². The zero-order valence-electron chi connectivity index (χ0n) is 31.7. The molecule has 11 nitrogen and oxygen atoms in total. The normalized spacial score (nSPS) is 23.2. The minimum atomic E-state index is -0.703. The number of hydrogen-bond acceptors (Lipinski definition) is 10. The highest BCUT2D eigenvalue weighted by atomic mass is 35.5.